The lowest BCUT2D eigenvalue weighted by Crippen LogP contribution is -2.36. The zero-order valence-corrected chi connectivity index (χ0v) is 23.8. The lowest BCUT2D eigenvalue weighted by Gasteiger charge is -2.14. The van der Waals surface area contributed by atoms with Gasteiger partial charge in [-0.05, 0) is 29.8 Å². The van der Waals surface area contributed by atoms with Crippen molar-refractivity contribution in [2.75, 3.05) is 25.6 Å². The average Bonchev–Trinajstić information content (AvgIpc) is 3.47. The summed E-state index contributed by atoms with van der Waals surface area (Å²) in [7, 11) is 0. The lowest BCUT2D eigenvalue weighted by molar-refractivity contribution is -0.146. The third-order valence-corrected chi connectivity index (χ3v) is 7.86. The second kappa shape index (κ2) is 13.9. The van der Waals surface area contributed by atoms with E-state index in [1.54, 1.807) is 24.3 Å². The van der Waals surface area contributed by atoms with Crippen LogP contribution in [0.25, 0.3) is 21.7 Å². The van der Waals surface area contributed by atoms with Crippen LogP contribution in [0.4, 0.5) is 5.82 Å². The molecule has 0 saturated heterocycles. The minimum atomic E-state index is -1.10. The highest BCUT2D eigenvalue weighted by molar-refractivity contribution is 7.98. The average molecular weight is 607 g/mol. The van der Waals surface area contributed by atoms with Crippen molar-refractivity contribution < 1.29 is 19.4 Å². The standard InChI is InChI=1S/C28H23ClN6O4S2/c29-18-5-1-17(2-6-18)26-34-19(14-40-26)15-41-27-22(12-31)24(21(11-30)25(33)35-27)16-3-7-20(8-4-16)38-9-10-39-28(37)23(32)13-36/h1-8,14,23,36H,9-10,13,15,32H2,(H2,33,35)/t23-/m0/s1. The van der Waals surface area contributed by atoms with Crippen LogP contribution in [-0.4, -0.2) is 46.9 Å². The van der Waals surface area contributed by atoms with Crippen molar-refractivity contribution >= 4 is 46.5 Å². The number of aliphatic hydroxyl groups excluding tert-OH is 1. The van der Waals surface area contributed by atoms with Gasteiger partial charge >= 0.3 is 5.97 Å². The predicted molar refractivity (Wildman–Crippen MR) is 157 cm³/mol. The van der Waals surface area contributed by atoms with Crippen molar-refractivity contribution in [1.29, 1.82) is 10.5 Å². The highest BCUT2D eigenvalue weighted by Gasteiger charge is 2.21. The zero-order valence-electron chi connectivity index (χ0n) is 21.4. The van der Waals surface area contributed by atoms with Gasteiger partial charge in [0.1, 0.15) is 58.6 Å². The van der Waals surface area contributed by atoms with Crippen LogP contribution in [0.3, 0.4) is 0 Å². The quantitative estimate of drug-likeness (QED) is 0.125. The normalized spacial score (nSPS) is 11.3. The maximum atomic E-state index is 11.5. The molecular formula is C28H23ClN6O4S2. The number of ether oxygens (including phenoxy) is 2. The Morgan fingerprint density at radius 1 is 1.05 bits per heavy atom. The molecule has 208 valence electrons. The zero-order chi connectivity index (χ0) is 29.4. The van der Waals surface area contributed by atoms with Crippen LogP contribution >= 0.6 is 34.7 Å². The van der Waals surface area contributed by atoms with Crippen molar-refractivity contribution in [2.24, 2.45) is 5.73 Å². The number of nitrogens with two attached hydrogens (primary N) is 2. The third-order valence-electron chi connectivity index (χ3n) is 5.65. The Bertz CT molecular complexity index is 1620. The molecule has 2 aromatic heterocycles. The molecule has 41 heavy (non-hydrogen) atoms. The second-order valence-electron chi connectivity index (χ2n) is 8.42. The number of hydrogen-bond acceptors (Lipinski definition) is 12. The molecular weight excluding hydrogens is 584 g/mol. The maximum absolute atomic E-state index is 11.5. The van der Waals surface area contributed by atoms with Gasteiger partial charge in [0.2, 0.25) is 0 Å². The number of nitriles is 2. The van der Waals surface area contributed by atoms with Gasteiger partial charge in [-0.25, -0.2) is 9.97 Å². The van der Waals surface area contributed by atoms with Crippen LogP contribution in [0.5, 0.6) is 5.75 Å². The van der Waals surface area contributed by atoms with Crippen LogP contribution < -0.4 is 16.2 Å². The van der Waals surface area contributed by atoms with E-state index in [4.69, 9.17) is 37.6 Å². The predicted octanol–water partition coefficient (Wildman–Crippen LogP) is 4.38. The molecule has 10 nitrogen and oxygen atoms in total. The van der Waals surface area contributed by atoms with Crippen molar-refractivity contribution in [3.63, 3.8) is 0 Å². The molecule has 0 unspecified atom stereocenters. The summed E-state index contributed by atoms with van der Waals surface area (Å²) >= 11 is 8.79. The van der Waals surface area contributed by atoms with Crippen molar-refractivity contribution in [1.82, 2.24) is 9.97 Å². The Kier molecular flexibility index (Phi) is 10.1. The van der Waals surface area contributed by atoms with Crippen LogP contribution in [0.2, 0.25) is 5.02 Å². The van der Waals surface area contributed by atoms with E-state index in [9.17, 15) is 15.3 Å². The first-order valence-electron chi connectivity index (χ1n) is 12.1. The number of esters is 1. The van der Waals surface area contributed by atoms with Gasteiger partial charge in [0.05, 0.1) is 17.9 Å². The summed E-state index contributed by atoms with van der Waals surface area (Å²) in [4.78, 5) is 20.6. The third kappa shape index (κ3) is 7.32. The maximum Gasteiger partial charge on any atom is 0.325 e. The minimum absolute atomic E-state index is 0.0207. The van der Waals surface area contributed by atoms with Gasteiger partial charge in [0.15, 0.2) is 0 Å². The Labute approximate surface area is 249 Å². The monoisotopic (exact) mass is 606 g/mol. The first kappa shape index (κ1) is 29.8. The molecule has 0 radical (unpaired) electrons. The van der Waals surface area contributed by atoms with Crippen molar-refractivity contribution in [3.05, 3.63) is 75.8 Å². The van der Waals surface area contributed by atoms with Gasteiger partial charge in [0.25, 0.3) is 0 Å². The van der Waals surface area contributed by atoms with Gasteiger partial charge in [-0.3, -0.25) is 4.79 Å². The number of pyridine rings is 1. The van der Waals surface area contributed by atoms with Crippen LogP contribution in [0, 0.1) is 22.7 Å². The number of nitrogen functional groups attached to an aromatic ring is 1. The van der Waals surface area contributed by atoms with Crippen molar-refractivity contribution in [2.45, 2.75) is 16.8 Å². The summed E-state index contributed by atoms with van der Waals surface area (Å²) in [5.74, 6) is 0.217. The van der Waals surface area contributed by atoms with Gasteiger partial charge in [-0.2, -0.15) is 10.5 Å². The molecule has 0 amide bonds. The number of aliphatic hydroxyl groups is 1. The molecule has 0 spiro atoms. The van der Waals surface area contributed by atoms with E-state index >= 15 is 0 Å². The van der Waals surface area contributed by atoms with Crippen molar-refractivity contribution in [3.8, 4) is 39.6 Å². The van der Waals surface area contributed by atoms with Crippen LogP contribution in [0.15, 0.2) is 58.9 Å². The van der Waals surface area contributed by atoms with Gasteiger partial charge in [-0.15, -0.1) is 11.3 Å². The Hall–Kier alpha value is -4.17. The smallest absolute Gasteiger partial charge is 0.325 e. The molecule has 2 heterocycles. The van der Waals surface area contributed by atoms with Crippen LogP contribution in [0.1, 0.15) is 16.8 Å². The molecule has 0 fully saturated rings. The first-order valence-corrected chi connectivity index (χ1v) is 14.3. The molecule has 0 aliphatic heterocycles. The Balaban J connectivity index is 1.50. The number of carbonyl (C=O) groups is 1. The molecule has 0 bridgehead atoms. The molecule has 5 N–H and O–H groups in total. The number of hydrogen-bond donors (Lipinski definition) is 3. The number of carbonyl (C=O) groups excluding carboxylic acids is 1. The summed E-state index contributed by atoms with van der Waals surface area (Å²) in [6.07, 6.45) is 0. The summed E-state index contributed by atoms with van der Waals surface area (Å²) in [6, 6.07) is 17.3. The number of nitrogens with zero attached hydrogens (tertiary/aromatic N) is 4. The number of rotatable bonds is 11. The fourth-order valence-electron chi connectivity index (χ4n) is 3.63. The van der Waals surface area contributed by atoms with E-state index in [0.29, 0.717) is 32.7 Å². The molecule has 13 heteroatoms. The minimum Gasteiger partial charge on any atom is -0.490 e. The molecule has 0 aliphatic carbocycles. The molecule has 4 rings (SSSR count). The number of benzene rings is 2. The number of anilines is 1. The van der Waals surface area contributed by atoms with Gasteiger partial charge in [0, 0.05) is 27.3 Å². The number of thiazole rings is 1. The number of halogens is 1. The highest BCUT2D eigenvalue weighted by atomic mass is 35.5. The Morgan fingerprint density at radius 3 is 2.39 bits per heavy atom. The number of aromatic nitrogens is 2. The molecule has 0 aliphatic rings. The molecule has 4 aromatic rings. The van der Waals surface area contributed by atoms with E-state index in [1.165, 1.54) is 23.1 Å². The lowest BCUT2D eigenvalue weighted by atomic mass is 9.97. The Morgan fingerprint density at radius 2 is 1.73 bits per heavy atom. The largest absolute Gasteiger partial charge is 0.490 e. The summed E-state index contributed by atoms with van der Waals surface area (Å²) in [5.41, 5.74) is 14.6. The van der Waals surface area contributed by atoms with E-state index < -0.39 is 18.6 Å². The molecule has 0 saturated carbocycles. The van der Waals surface area contributed by atoms with Gasteiger partial charge < -0.3 is 26.0 Å². The topological polar surface area (TPSA) is 181 Å². The van der Waals surface area contributed by atoms with E-state index in [-0.39, 0.29) is 30.2 Å². The summed E-state index contributed by atoms with van der Waals surface area (Å²) < 4.78 is 10.5. The molecule has 1 atom stereocenters. The van der Waals surface area contributed by atoms with Gasteiger partial charge in [-0.1, -0.05) is 47.6 Å². The SMILES string of the molecule is N#Cc1c(N)nc(SCc2csc(-c3ccc(Cl)cc3)n2)c(C#N)c1-c1ccc(OCCOC(=O)[C@@H](N)CO)cc1. The van der Waals surface area contributed by atoms with E-state index in [2.05, 4.69) is 22.1 Å². The van der Waals surface area contributed by atoms with E-state index in [0.717, 1.165) is 16.3 Å². The summed E-state index contributed by atoms with van der Waals surface area (Å²) in [6.45, 7) is -0.491. The highest BCUT2D eigenvalue weighted by Crippen LogP contribution is 2.37. The first-order chi connectivity index (χ1) is 19.8. The fourth-order valence-corrected chi connectivity index (χ4v) is 5.58. The number of thioether (sulfide) groups is 1. The van der Waals surface area contributed by atoms with Crippen LogP contribution in [-0.2, 0) is 15.3 Å². The second-order valence-corrected chi connectivity index (χ2v) is 10.7. The fraction of sp³-hybridized carbons (Fsp3) is 0.179. The van der Waals surface area contributed by atoms with E-state index in [1.807, 2.05) is 29.6 Å². The molecule has 2 aromatic carbocycles. The summed E-state index contributed by atoms with van der Waals surface area (Å²) in [5, 5.41) is 32.6.